The van der Waals surface area contributed by atoms with Gasteiger partial charge in [-0.05, 0) is 43.2 Å². The van der Waals surface area contributed by atoms with Crippen molar-refractivity contribution in [1.82, 2.24) is 9.29 Å². The molecule has 6 nitrogen and oxygen atoms in total. The van der Waals surface area contributed by atoms with Crippen LogP contribution in [0.25, 0.3) is 0 Å². The summed E-state index contributed by atoms with van der Waals surface area (Å²) in [6.07, 6.45) is 3.67. The van der Waals surface area contributed by atoms with Crippen LogP contribution in [0.3, 0.4) is 0 Å². The van der Waals surface area contributed by atoms with Gasteiger partial charge in [0.25, 0.3) is 0 Å². The summed E-state index contributed by atoms with van der Waals surface area (Å²) in [5.74, 6) is -0.942. The van der Waals surface area contributed by atoms with Crippen LogP contribution in [0.2, 0.25) is 0 Å². The van der Waals surface area contributed by atoms with Crippen LogP contribution in [0.1, 0.15) is 12.8 Å². The van der Waals surface area contributed by atoms with Gasteiger partial charge in [0.15, 0.2) is 0 Å². The molecule has 1 aromatic carbocycles. The second kappa shape index (κ2) is 7.28. The van der Waals surface area contributed by atoms with Crippen molar-refractivity contribution in [1.29, 1.82) is 0 Å². The second-order valence-corrected chi connectivity index (χ2v) is 7.80. The Morgan fingerprint density at radius 1 is 1.20 bits per heavy atom. The molecule has 132 valence electrons. The molecule has 8 heteroatoms. The van der Waals surface area contributed by atoms with Crippen LogP contribution in [-0.4, -0.2) is 36.7 Å². The molecule has 0 aliphatic carbocycles. The largest absolute Gasteiger partial charge is 0.326 e. The van der Waals surface area contributed by atoms with E-state index in [9.17, 15) is 17.6 Å². The molecule has 0 unspecified atom stereocenters. The Morgan fingerprint density at radius 3 is 2.60 bits per heavy atom. The van der Waals surface area contributed by atoms with Crippen LogP contribution in [-0.2, 0) is 14.8 Å². The highest BCUT2D eigenvalue weighted by molar-refractivity contribution is 7.89. The number of piperidine rings is 1. The van der Waals surface area contributed by atoms with Gasteiger partial charge in [-0.3, -0.25) is 9.78 Å². The number of hydrogen-bond donors (Lipinski definition) is 1. The number of halogens is 1. The molecule has 1 amide bonds. The normalized spacial score (nSPS) is 16.5. The Labute approximate surface area is 145 Å². The fraction of sp³-hybridized carbons (Fsp3) is 0.294. The van der Waals surface area contributed by atoms with Gasteiger partial charge in [0, 0.05) is 37.1 Å². The molecule has 0 atom stereocenters. The zero-order chi connectivity index (χ0) is 17.9. The van der Waals surface area contributed by atoms with E-state index in [1.165, 1.54) is 41.0 Å². The van der Waals surface area contributed by atoms with Gasteiger partial charge in [-0.25, -0.2) is 12.8 Å². The molecule has 2 heterocycles. The quantitative estimate of drug-likeness (QED) is 0.904. The summed E-state index contributed by atoms with van der Waals surface area (Å²) < 4.78 is 39.6. The van der Waals surface area contributed by atoms with Crippen molar-refractivity contribution in [3.8, 4) is 0 Å². The van der Waals surface area contributed by atoms with E-state index in [4.69, 9.17) is 0 Å². The van der Waals surface area contributed by atoms with E-state index in [2.05, 4.69) is 10.3 Å². The van der Waals surface area contributed by atoms with Gasteiger partial charge in [-0.15, -0.1) is 0 Å². The average molecular weight is 363 g/mol. The molecule has 25 heavy (non-hydrogen) atoms. The maximum atomic E-state index is 13.2. The Morgan fingerprint density at radius 2 is 1.96 bits per heavy atom. The van der Waals surface area contributed by atoms with Crippen molar-refractivity contribution in [2.45, 2.75) is 17.7 Å². The van der Waals surface area contributed by atoms with E-state index >= 15 is 0 Å². The predicted octanol–water partition coefficient (Wildman–Crippen LogP) is 2.26. The highest BCUT2D eigenvalue weighted by Crippen LogP contribution is 2.24. The number of nitrogens with zero attached hydrogens (tertiary/aromatic N) is 2. The lowest BCUT2D eigenvalue weighted by Gasteiger charge is -2.30. The molecular formula is C17H18FN3O3S. The van der Waals surface area contributed by atoms with E-state index in [0.717, 1.165) is 0 Å². The number of carbonyl (C=O) groups is 1. The van der Waals surface area contributed by atoms with Gasteiger partial charge >= 0.3 is 0 Å². The van der Waals surface area contributed by atoms with Crippen LogP contribution >= 0.6 is 0 Å². The third kappa shape index (κ3) is 4.02. The predicted molar refractivity (Wildman–Crippen MR) is 90.7 cm³/mol. The first-order chi connectivity index (χ1) is 12.0. The minimum Gasteiger partial charge on any atom is -0.326 e. The number of pyridine rings is 1. The van der Waals surface area contributed by atoms with Crippen LogP contribution in [0.4, 0.5) is 10.1 Å². The van der Waals surface area contributed by atoms with Crippen LogP contribution in [0.5, 0.6) is 0 Å². The van der Waals surface area contributed by atoms with Crippen LogP contribution in [0.15, 0.2) is 53.7 Å². The van der Waals surface area contributed by atoms with E-state index in [0.29, 0.717) is 18.5 Å². The summed E-state index contributed by atoms with van der Waals surface area (Å²) in [6.45, 7) is 0.525. The zero-order valence-corrected chi connectivity index (χ0v) is 14.2. The second-order valence-electron chi connectivity index (χ2n) is 5.87. The molecule has 1 aliphatic rings. The van der Waals surface area contributed by atoms with Gasteiger partial charge < -0.3 is 5.32 Å². The summed E-state index contributed by atoms with van der Waals surface area (Å²) in [6, 6.07) is 8.77. The van der Waals surface area contributed by atoms with Gasteiger partial charge in [-0.2, -0.15) is 4.31 Å². The Kier molecular flexibility index (Phi) is 5.10. The van der Waals surface area contributed by atoms with Crippen LogP contribution in [0, 0.1) is 11.7 Å². The molecule has 0 saturated carbocycles. The smallest absolute Gasteiger partial charge is 0.244 e. The summed E-state index contributed by atoms with van der Waals surface area (Å²) in [5.41, 5.74) is 0.399. The van der Waals surface area contributed by atoms with Crippen molar-refractivity contribution >= 4 is 21.6 Å². The Bertz CT molecular complexity index is 850. The number of rotatable bonds is 4. The minimum absolute atomic E-state index is 0.151. The molecule has 1 fully saturated rings. The Balaban J connectivity index is 1.61. The third-order valence-corrected chi connectivity index (χ3v) is 6.07. The lowest BCUT2D eigenvalue weighted by Crippen LogP contribution is -2.41. The average Bonchev–Trinajstić information content (AvgIpc) is 2.62. The summed E-state index contributed by atoms with van der Waals surface area (Å²) >= 11 is 0. The standard InChI is InChI=1S/C17H18FN3O3S/c18-14-3-1-4-15(11-14)20-17(22)13-6-9-21(10-7-13)25(23,24)16-5-2-8-19-12-16/h1-5,8,11-13H,6-7,9-10H2,(H,20,22). The molecular weight excluding hydrogens is 345 g/mol. The van der Waals surface area contributed by atoms with Crippen molar-refractivity contribution in [2.24, 2.45) is 5.92 Å². The summed E-state index contributed by atoms with van der Waals surface area (Å²) in [4.78, 5) is 16.3. The first kappa shape index (κ1) is 17.5. The maximum Gasteiger partial charge on any atom is 0.244 e. The summed E-state index contributed by atoms with van der Waals surface area (Å²) in [7, 11) is -3.59. The molecule has 2 aromatic rings. The number of nitrogens with one attached hydrogen (secondary N) is 1. The number of sulfonamides is 1. The summed E-state index contributed by atoms with van der Waals surface area (Å²) in [5, 5.41) is 2.68. The van der Waals surface area contributed by atoms with Crippen molar-refractivity contribution in [3.05, 3.63) is 54.6 Å². The first-order valence-electron chi connectivity index (χ1n) is 7.93. The molecule has 0 radical (unpaired) electrons. The highest BCUT2D eigenvalue weighted by atomic mass is 32.2. The lowest BCUT2D eigenvalue weighted by atomic mass is 9.97. The number of aromatic nitrogens is 1. The number of benzene rings is 1. The van der Waals surface area contributed by atoms with E-state index in [1.54, 1.807) is 12.1 Å². The molecule has 3 rings (SSSR count). The van der Waals surface area contributed by atoms with Crippen molar-refractivity contribution < 1.29 is 17.6 Å². The van der Waals surface area contributed by atoms with Crippen LogP contribution < -0.4 is 5.32 Å². The van der Waals surface area contributed by atoms with E-state index in [1.807, 2.05) is 0 Å². The number of anilines is 1. The lowest BCUT2D eigenvalue weighted by molar-refractivity contribution is -0.120. The highest BCUT2D eigenvalue weighted by Gasteiger charge is 2.32. The fourth-order valence-electron chi connectivity index (χ4n) is 2.82. The van der Waals surface area contributed by atoms with Gasteiger partial charge in [0.1, 0.15) is 10.7 Å². The van der Waals surface area contributed by atoms with Gasteiger partial charge in [-0.1, -0.05) is 6.07 Å². The topological polar surface area (TPSA) is 79.4 Å². The number of hydrogen-bond acceptors (Lipinski definition) is 4. The van der Waals surface area contributed by atoms with E-state index < -0.39 is 15.8 Å². The third-order valence-electron chi connectivity index (χ3n) is 4.19. The first-order valence-corrected chi connectivity index (χ1v) is 9.37. The maximum absolute atomic E-state index is 13.2. The Hall–Kier alpha value is -2.32. The van der Waals surface area contributed by atoms with Gasteiger partial charge in [0.2, 0.25) is 15.9 Å². The molecule has 1 saturated heterocycles. The number of amides is 1. The van der Waals surface area contributed by atoms with Crippen molar-refractivity contribution in [2.75, 3.05) is 18.4 Å². The SMILES string of the molecule is O=C(Nc1cccc(F)c1)C1CCN(S(=O)(=O)c2cccnc2)CC1. The molecule has 1 N–H and O–H groups in total. The van der Waals surface area contributed by atoms with E-state index in [-0.39, 0.29) is 29.8 Å². The fourth-order valence-corrected chi connectivity index (χ4v) is 4.25. The zero-order valence-electron chi connectivity index (χ0n) is 13.4. The molecule has 0 bridgehead atoms. The number of carbonyl (C=O) groups excluding carboxylic acids is 1. The van der Waals surface area contributed by atoms with Crippen molar-refractivity contribution in [3.63, 3.8) is 0 Å². The molecule has 1 aromatic heterocycles. The molecule has 1 aliphatic heterocycles. The minimum atomic E-state index is -3.59. The monoisotopic (exact) mass is 363 g/mol. The molecule has 0 spiro atoms. The van der Waals surface area contributed by atoms with Gasteiger partial charge in [0.05, 0.1) is 0 Å².